The molecule has 0 saturated carbocycles. The Balaban J connectivity index is 1.94. The number of likely N-dealkylation sites (tertiary alicyclic amines) is 1. The van der Waals surface area contributed by atoms with Gasteiger partial charge in [-0.1, -0.05) is 20.8 Å². The van der Waals surface area contributed by atoms with Crippen molar-refractivity contribution in [3.8, 4) is 0 Å². The minimum atomic E-state index is 0.715. The van der Waals surface area contributed by atoms with Crippen LogP contribution in [-0.4, -0.2) is 37.1 Å². The molecule has 0 aromatic rings. The normalized spacial score (nSPS) is 19.5. The summed E-state index contributed by atoms with van der Waals surface area (Å²) in [6.45, 7) is 12.1. The summed E-state index contributed by atoms with van der Waals surface area (Å²) in [6.07, 6.45) is 6.79. The third kappa shape index (κ3) is 5.31. The van der Waals surface area contributed by atoms with Crippen molar-refractivity contribution in [1.29, 1.82) is 0 Å². The zero-order valence-electron chi connectivity index (χ0n) is 11.5. The molecule has 1 aliphatic rings. The summed E-state index contributed by atoms with van der Waals surface area (Å²) in [7, 11) is 0. The summed E-state index contributed by atoms with van der Waals surface area (Å²) >= 11 is 0. The number of hydrogen-bond acceptors (Lipinski definition) is 2. The maximum absolute atomic E-state index is 3.68. The van der Waals surface area contributed by atoms with Crippen molar-refractivity contribution in [3.05, 3.63) is 0 Å². The molecule has 1 heterocycles. The second-order valence-electron chi connectivity index (χ2n) is 5.47. The van der Waals surface area contributed by atoms with Crippen LogP contribution in [0.15, 0.2) is 0 Å². The zero-order chi connectivity index (χ0) is 11.8. The molecule has 1 aliphatic heterocycles. The van der Waals surface area contributed by atoms with Gasteiger partial charge >= 0.3 is 0 Å². The Hall–Kier alpha value is -0.0800. The molecule has 2 nitrogen and oxygen atoms in total. The monoisotopic (exact) mass is 226 g/mol. The van der Waals surface area contributed by atoms with Crippen LogP contribution < -0.4 is 5.32 Å². The largest absolute Gasteiger partial charge is 0.314 e. The van der Waals surface area contributed by atoms with E-state index in [1.165, 1.54) is 58.3 Å². The van der Waals surface area contributed by atoms with Crippen LogP contribution in [0, 0.1) is 5.92 Å². The quantitative estimate of drug-likeness (QED) is 0.640. The lowest BCUT2D eigenvalue weighted by Crippen LogP contribution is -2.34. The topological polar surface area (TPSA) is 15.3 Å². The van der Waals surface area contributed by atoms with E-state index in [4.69, 9.17) is 0 Å². The lowest BCUT2D eigenvalue weighted by Gasteiger charge is -2.21. The van der Waals surface area contributed by atoms with E-state index in [-0.39, 0.29) is 0 Å². The summed E-state index contributed by atoms with van der Waals surface area (Å²) < 4.78 is 0. The predicted octanol–water partition coefficient (Wildman–Crippen LogP) is 2.89. The van der Waals surface area contributed by atoms with Crippen LogP contribution in [0.2, 0.25) is 0 Å². The molecule has 1 rings (SSSR count). The average Bonchev–Trinajstić information content (AvgIpc) is 2.75. The van der Waals surface area contributed by atoms with Gasteiger partial charge in [0, 0.05) is 6.04 Å². The van der Waals surface area contributed by atoms with E-state index in [0.29, 0.717) is 6.04 Å². The Kier molecular flexibility index (Phi) is 7.06. The third-order valence-electron chi connectivity index (χ3n) is 3.75. The molecule has 16 heavy (non-hydrogen) atoms. The van der Waals surface area contributed by atoms with Crippen LogP contribution in [-0.2, 0) is 0 Å². The van der Waals surface area contributed by atoms with Crippen molar-refractivity contribution in [2.45, 2.75) is 58.9 Å². The van der Waals surface area contributed by atoms with Crippen molar-refractivity contribution in [2.24, 2.45) is 5.92 Å². The van der Waals surface area contributed by atoms with Crippen LogP contribution in [0.1, 0.15) is 52.9 Å². The van der Waals surface area contributed by atoms with E-state index in [0.717, 1.165) is 5.92 Å². The molecule has 1 N–H and O–H groups in total. The lowest BCUT2D eigenvalue weighted by molar-refractivity contribution is 0.322. The minimum absolute atomic E-state index is 0.715. The van der Waals surface area contributed by atoms with Gasteiger partial charge in [-0.2, -0.15) is 0 Å². The molecule has 1 unspecified atom stereocenters. The van der Waals surface area contributed by atoms with E-state index in [1.54, 1.807) is 0 Å². The van der Waals surface area contributed by atoms with Crippen LogP contribution in [0.5, 0.6) is 0 Å². The molecular weight excluding hydrogens is 196 g/mol. The highest BCUT2D eigenvalue weighted by atomic mass is 15.1. The number of rotatable bonds is 8. The fourth-order valence-electron chi connectivity index (χ4n) is 2.61. The first kappa shape index (κ1) is 14.0. The predicted molar refractivity (Wildman–Crippen MR) is 71.8 cm³/mol. The van der Waals surface area contributed by atoms with E-state index in [9.17, 15) is 0 Å². The Bertz CT molecular complexity index is 162. The maximum atomic E-state index is 3.68. The summed E-state index contributed by atoms with van der Waals surface area (Å²) in [5, 5.41) is 3.68. The molecule has 2 heteroatoms. The molecule has 0 aromatic carbocycles. The Morgan fingerprint density at radius 1 is 1.12 bits per heavy atom. The molecule has 0 aromatic heterocycles. The molecule has 1 atom stereocenters. The first-order valence-corrected chi connectivity index (χ1v) is 7.19. The molecule has 1 saturated heterocycles. The molecule has 1 fully saturated rings. The fourth-order valence-corrected chi connectivity index (χ4v) is 2.61. The summed E-state index contributed by atoms with van der Waals surface area (Å²) in [4.78, 5) is 2.61. The number of hydrogen-bond donors (Lipinski definition) is 1. The Morgan fingerprint density at radius 2 is 1.81 bits per heavy atom. The molecule has 0 bridgehead atoms. The second kappa shape index (κ2) is 8.08. The maximum Gasteiger partial charge on any atom is 0.00874 e. The SMILES string of the molecule is CCC(NCCCCN1CCCC1)C(C)C. The Labute approximate surface area is 102 Å². The standard InChI is InChI=1S/C14H30N2/c1-4-14(13(2)3)15-9-5-6-10-16-11-7-8-12-16/h13-15H,4-12H2,1-3H3. The van der Waals surface area contributed by atoms with Gasteiger partial charge in [0.15, 0.2) is 0 Å². The van der Waals surface area contributed by atoms with Gasteiger partial charge < -0.3 is 10.2 Å². The van der Waals surface area contributed by atoms with Crippen molar-refractivity contribution in [2.75, 3.05) is 26.2 Å². The number of unbranched alkanes of at least 4 members (excludes halogenated alkanes) is 1. The third-order valence-corrected chi connectivity index (χ3v) is 3.75. The molecule has 0 aliphatic carbocycles. The molecule has 0 radical (unpaired) electrons. The van der Waals surface area contributed by atoms with Crippen molar-refractivity contribution in [3.63, 3.8) is 0 Å². The highest BCUT2D eigenvalue weighted by Gasteiger charge is 2.11. The van der Waals surface area contributed by atoms with Crippen molar-refractivity contribution < 1.29 is 0 Å². The van der Waals surface area contributed by atoms with E-state index in [1.807, 2.05) is 0 Å². The first-order valence-electron chi connectivity index (χ1n) is 7.19. The number of nitrogens with one attached hydrogen (secondary N) is 1. The minimum Gasteiger partial charge on any atom is -0.314 e. The molecular formula is C14H30N2. The summed E-state index contributed by atoms with van der Waals surface area (Å²) in [6, 6.07) is 0.715. The van der Waals surface area contributed by atoms with Gasteiger partial charge in [0.05, 0.1) is 0 Å². The van der Waals surface area contributed by atoms with Crippen LogP contribution in [0.4, 0.5) is 0 Å². The van der Waals surface area contributed by atoms with E-state index in [2.05, 4.69) is 31.0 Å². The van der Waals surface area contributed by atoms with Gasteiger partial charge in [0.1, 0.15) is 0 Å². The smallest absolute Gasteiger partial charge is 0.00874 e. The summed E-state index contributed by atoms with van der Waals surface area (Å²) in [5.41, 5.74) is 0. The first-order chi connectivity index (χ1) is 7.74. The van der Waals surface area contributed by atoms with Crippen molar-refractivity contribution >= 4 is 0 Å². The van der Waals surface area contributed by atoms with Gasteiger partial charge in [-0.15, -0.1) is 0 Å². The lowest BCUT2D eigenvalue weighted by atomic mass is 10.0. The molecule has 96 valence electrons. The van der Waals surface area contributed by atoms with Crippen LogP contribution >= 0.6 is 0 Å². The second-order valence-corrected chi connectivity index (χ2v) is 5.47. The van der Waals surface area contributed by atoms with Gasteiger partial charge in [0.25, 0.3) is 0 Å². The Morgan fingerprint density at radius 3 is 2.38 bits per heavy atom. The van der Waals surface area contributed by atoms with E-state index >= 15 is 0 Å². The van der Waals surface area contributed by atoms with Gasteiger partial charge in [-0.3, -0.25) is 0 Å². The van der Waals surface area contributed by atoms with Crippen LogP contribution in [0.3, 0.4) is 0 Å². The summed E-state index contributed by atoms with van der Waals surface area (Å²) in [5.74, 6) is 0.767. The molecule has 0 spiro atoms. The van der Waals surface area contributed by atoms with Gasteiger partial charge in [-0.25, -0.2) is 0 Å². The highest BCUT2D eigenvalue weighted by molar-refractivity contribution is 4.69. The molecule has 0 amide bonds. The van der Waals surface area contributed by atoms with Crippen molar-refractivity contribution in [1.82, 2.24) is 10.2 Å². The van der Waals surface area contributed by atoms with E-state index < -0.39 is 0 Å². The van der Waals surface area contributed by atoms with Crippen LogP contribution in [0.25, 0.3) is 0 Å². The average molecular weight is 226 g/mol. The van der Waals surface area contributed by atoms with Gasteiger partial charge in [0.2, 0.25) is 0 Å². The fraction of sp³-hybridized carbons (Fsp3) is 1.00. The highest BCUT2D eigenvalue weighted by Crippen LogP contribution is 2.08. The van der Waals surface area contributed by atoms with Gasteiger partial charge in [-0.05, 0) is 64.2 Å². The zero-order valence-corrected chi connectivity index (χ0v) is 11.5. The number of nitrogens with zero attached hydrogens (tertiary/aromatic N) is 1.